The van der Waals surface area contributed by atoms with E-state index in [0.717, 1.165) is 43.8 Å². The van der Waals surface area contributed by atoms with Gasteiger partial charge >= 0.3 is 0 Å². The Morgan fingerprint density at radius 3 is 2.81 bits per heavy atom. The minimum absolute atomic E-state index is 0.794. The van der Waals surface area contributed by atoms with E-state index in [0.29, 0.717) is 0 Å². The molecule has 0 atom stereocenters. The number of rotatable bonds is 8. The summed E-state index contributed by atoms with van der Waals surface area (Å²) in [6.07, 6.45) is 4.24. The zero-order chi connectivity index (χ0) is 15.1. The first-order valence-corrected chi connectivity index (χ1v) is 8.85. The van der Waals surface area contributed by atoms with Crippen molar-refractivity contribution in [2.45, 2.75) is 46.1 Å². The van der Waals surface area contributed by atoms with Crippen LogP contribution in [0.3, 0.4) is 0 Å². The average Bonchev–Trinajstić information content (AvgIpc) is 2.81. The molecule has 21 heavy (non-hydrogen) atoms. The molecule has 4 heteroatoms. The van der Waals surface area contributed by atoms with Crippen molar-refractivity contribution < 1.29 is 0 Å². The van der Waals surface area contributed by atoms with Crippen LogP contribution in [0.25, 0.3) is 0 Å². The second-order valence-corrected chi connectivity index (χ2v) is 6.82. The molecule has 0 radical (unpaired) electrons. The van der Waals surface area contributed by atoms with Crippen LogP contribution >= 0.6 is 22.9 Å². The van der Waals surface area contributed by atoms with Crippen LogP contribution in [0, 0.1) is 0 Å². The lowest BCUT2D eigenvalue weighted by atomic mass is 10.1. The molecule has 2 rings (SSSR count). The summed E-state index contributed by atoms with van der Waals surface area (Å²) in [6.45, 7) is 6.40. The molecule has 0 unspecified atom stereocenters. The third-order valence-electron chi connectivity index (χ3n) is 3.27. The van der Waals surface area contributed by atoms with Crippen molar-refractivity contribution in [2.75, 3.05) is 6.54 Å². The van der Waals surface area contributed by atoms with E-state index in [1.54, 1.807) is 0 Å². The molecule has 0 bridgehead atoms. The van der Waals surface area contributed by atoms with Crippen molar-refractivity contribution in [3.8, 4) is 0 Å². The first-order chi connectivity index (χ1) is 10.2. The summed E-state index contributed by atoms with van der Waals surface area (Å²) >= 11 is 7.89. The van der Waals surface area contributed by atoms with Crippen LogP contribution in [0.2, 0.25) is 5.02 Å². The highest BCUT2D eigenvalue weighted by molar-refractivity contribution is 7.11. The molecule has 1 heterocycles. The number of hydrogen-bond acceptors (Lipinski definition) is 3. The molecule has 2 aromatic rings. The smallest absolute Gasteiger partial charge is 0.0975 e. The molecule has 1 N–H and O–H groups in total. The van der Waals surface area contributed by atoms with E-state index in [9.17, 15) is 0 Å². The molecule has 0 amide bonds. The fraction of sp³-hybridized carbons (Fsp3) is 0.471. The highest BCUT2D eigenvalue weighted by Gasteiger charge is 2.11. The van der Waals surface area contributed by atoms with E-state index in [2.05, 4.69) is 25.2 Å². The summed E-state index contributed by atoms with van der Waals surface area (Å²) < 4.78 is 0. The van der Waals surface area contributed by atoms with Gasteiger partial charge in [-0.3, -0.25) is 0 Å². The maximum atomic E-state index is 6.05. The average molecular weight is 323 g/mol. The lowest BCUT2D eigenvalue weighted by Gasteiger charge is -2.02. The minimum atomic E-state index is 0.794. The van der Waals surface area contributed by atoms with Crippen LogP contribution in [0.1, 0.15) is 47.8 Å². The van der Waals surface area contributed by atoms with E-state index >= 15 is 0 Å². The number of nitrogens with zero attached hydrogens (tertiary/aromatic N) is 1. The highest BCUT2D eigenvalue weighted by Crippen LogP contribution is 2.23. The molecule has 0 saturated heterocycles. The van der Waals surface area contributed by atoms with E-state index in [4.69, 9.17) is 16.6 Å². The molecule has 0 aliphatic rings. The van der Waals surface area contributed by atoms with Crippen molar-refractivity contribution in [1.29, 1.82) is 0 Å². The summed E-state index contributed by atoms with van der Waals surface area (Å²) in [4.78, 5) is 6.23. The first kappa shape index (κ1) is 16.5. The number of hydrogen-bond donors (Lipinski definition) is 1. The van der Waals surface area contributed by atoms with Crippen molar-refractivity contribution in [2.24, 2.45) is 0 Å². The van der Waals surface area contributed by atoms with Crippen LogP contribution in [-0.4, -0.2) is 11.5 Å². The zero-order valence-corrected chi connectivity index (χ0v) is 14.4. The topological polar surface area (TPSA) is 24.9 Å². The van der Waals surface area contributed by atoms with Gasteiger partial charge in [0.1, 0.15) is 0 Å². The SMILES string of the molecule is CCCNCc1sc(Cc2cccc(Cl)c2)nc1CCC. The number of halogens is 1. The second kappa shape index (κ2) is 8.52. The van der Waals surface area contributed by atoms with Crippen molar-refractivity contribution >= 4 is 22.9 Å². The lowest BCUT2D eigenvalue weighted by Crippen LogP contribution is -2.13. The van der Waals surface area contributed by atoms with Crippen molar-refractivity contribution in [1.82, 2.24) is 10.3 Å². The highest BCUT2D eigenvalue weighted by atomic mass is 35.5. The van der Waals surface area contributed by atoms with Gasteiger partial charge in [0, 0.05) is 22.9 Å². The van der Waals surface area contributed by atoms with Gasteiger partial charge in [-0.2, -0.15) is 0 Å². The third kappa shape index (κ3) is 5.10. The largest absolute Gasteiger partial charge is 0.312 e. The normalized spacial score (nSPS) is 11.0. The summed E-state index contributed by atoms with van der Waals surface area (Å²) in [7, 11) is 0. The van der Waals surface area contributed by atoms with Crippen LogP contribution in [0.15, 0.2) is 24.3 Å². The Hall–Kier alpha value is -0.900. The Balaban J connectivity index is 2.10. The fourth-order valence-electron chi connectivity index (χ4n) is 2.28. The monoisotopic (exact) mass is 322 g/mol. The number of aromatic nitrogens is 1. The molecule has 0 spiro atoms. The Labute approximate surface area is 136 Å². The van der Waals surface area contributed by atoms with Gasteiger partial charge in [-0.15, -0.1) is 11.3 Å². The standard InChI is InChI=1S/C17H23ClN2S/c1-3-6-15-16(12-19-9-4-2)21-17(20-15)11-13-7-5-8-14(18)10-13/h5,7-8,10,19H,3-4,6,9,11-12H2,1-2H3. The molecular weight excluding hydrogens is 300 g/mol. The van der Waals surface area contributed by atoms with E-state index in [-0.39, 0.29) is 0 Å². The quantitative estimate of drug-likeness (QED) is 0.703. The van der Waals surface area contributed by atoms with Gasteiger partial charge in [0.25, 0.3) is 0 Å². The van der Waals surface area contributed by atoms with Crippen LogP contribution in [0.4, 0.5) is 0 Å². The van der Waals surface area contributed by atoms with Gasteiger partial charge in [0.05, 0.1) is 10.7 Å². The summed E-state index contributed by atoms with van der Waals surface area (Å²) in [6, 6.07) is 8.05. The number of aryl methyl sites for hydroxylation is 1. The van der Waals surface area contributed by atoms with Gasteiger partial charge in [0.2, 0.25) is 0 Å². The Bertz CT molecular complexity index is 566. The molecule has 0 aliphatic heterocycles. The summed E-state index contributed by atoms with van der Waals surface area (Å²) in [5.74, 6) is 0. The summed E-state index contributed by atoms with van der Waals surface area (Å²) in [5.41, 5.74) is 2.50. The molecule has 1 aromatic carbocycles. The van der Waals surface area contributed by atoms with Crippen molar-refractivity contribution in [3.05, 3.63) is 50.4 Å². The minimum Gasteiger partial charge on any atom is -0.312 e. The second-order valence-electron chi connectivity index (χ2n) is 5.21. The molecule has 0 fully saturated rings. The van der Waals surface area contributed by atoms with E-state index in [1.807, 2.05) is 29.5 Å². The predicted molar refractivity (Wildman–Crippen MR) is 92.4 cm³/mol. The molecule has 2 nitrogen and oxygen atoms in total. The molecule has 0 aliphatic carbocycles. The van der Waals surface area contributed by atoms with Crippen LogP contribution in [-0.2, 0) is 19.4 Å². The maximum absolute atomic E-state index is 6.05. The van der Waals surface area contributed by atoms with E-state index < -0.39 is 0 Å². The van der Waals surface area contributed by atoms with Crippen LogP contribution in [0.5, 0.6) is 0 Å². The van der Waals surface area contributed by atoms with Gasteiger partial charge in [-0.25, -0.2) is 4.98 Å². The maximum Gasteiger partial charge on any atom is 0.0975 e. The third-order valence-corrected chi connectivity index (χ3v) is 4.60. The number of benzene rings is 1. The molecule has 0 saturated carbocycles. The van der Waals surface area contributed by atoms with Crippen molar-refractivity contribution in [3.63, 3.8) is 0 Å². The van der Waals surface area contributed by atoms with Gasteiger partial charge in [0.15, 0.2) is 0 Å². The fourth-order valence-corrected chi connectivity index (χ4v) is 3.61. The lowest BCUT2D eigenvalue weighted by molar-refractivity contribution is 0.674. The molecule has 1 aromatic heterocycles. The zero-order valence-electron chi connectivity index (χ0n) is 12.8. The first-order valence-electron chi connectivity index (χ1n) is 7.65. The van der Waals surface area contributed by atoms with Crippen LogP contribution < -0.4 is 5.32 Å². The molecule has 114 valence electrons. The predicted octanol–water partition coefficient (Wildman–Crippen LogP) is 4.84. The van der Waals surface area contributed by atoms with E-state index in [1.165, 1.54) is 21.1 Å². The number of nitrogens with one attached hydrogen (secondary N) is 1. The van der Waals surface area contributed by atoms with Gasteiger partial charge in [-0.1, -0.05) is 44.0 Å². The Morgan fingerprint density at radius 1 is 1.24 bits per heavy atom. The van der Waals surface area contributed by atoms with Gasteiger partial charge in [-0.05, 0) is 37.1 Å². The van der Waals surface area contributed by atoms with Gasteiger partial charge < -0.3 is 5.32 Å². The Kier molecular flexibility index (Phi) is 6.68. The summed E-state index contributed by atoms with van der Waals surface area (Å²) in [5, 5.41) is 5.47. The Morgan fingerprint density at radius 2 is 2.10 bits per heavy atom. The molecular formula is C17H23ClN2S. The number of thiazole rings is 1.